The average Bonchev–Trinajstić information content (AvgIpc) is 2.63. The molecule has 1 aromatic heterocycles. The zero-order valence-corrected chi connectivity index (χ0v) is 13.6. The van der Waals surface area contributed by atoms with Crippen LogP contribution in [0.5, 0.6) is 0 Å². The van der Waals surface area contributed by atoms with Gasteiger partial charge >= 0.3 is 0 Å². The minimum Gasteiger partial charge on any atom is -0.235 e. The molecule has 1 heterocycles. The highest BCUT2D eigenvalue weighted by Crippen LogP contribution is 2.29. The van der Waals surface area contributed by atoms with Crippen molar-refractivity contribution >= 4 is 65.5 Å². The van der Waals surface area contributed by atoms with Gasteiger partial charge in [-0.05, 0) is 30.2 Å². The molecule has 1 aromatic carbocycles. The van der Waals surface area contributed by atoms with Crippen LogP contribution in [0.25, 0.3) is 0 Å². The van der Waals surface area contributed by atoms with Gasteiger partial charge in [0.25, 0.3) is 0 Å². The van der Waals surface area contributed by atoms with Crippen molar-refractivity contribution in [3.8, 4) is 0 Å². The fourth-order valence-corrected chi connectivity index (χ4v) is 4.51. The highest BCUT2D eigenvalue weighted by atomic mass is 79.9. The number of nitrogens with zero attached hydrogens (tertiary/aromatic N) is 1. The molecule has 2 aromatic rings. The number of rotatable bonds is 2. The highest BCUT2D eigenvalue weighted by molar-refractivity contribution is 9.10. The summed E-state index contributed by atoms with van der Waals surface area (Å²) in [7, 11) is 2.93. The maximum Gasteiger partial charge on any atom is 0.147 e. The van der Waals surface area contributed by atoms with E-state index in [-0.39, 0.29) is 0 Å². The van der Waals surface area contributed by atoms with E-state index in [1.165, 1.54) is 26.2 Å². The summed E-state index contributed by atoms with van der Waals surface area (Å²) in [5.41, 5.74) is 2.13. The average molecular weight is 369 g/mol. The summed E-state index contributed by atoms with van der Waals surface area (Å²) in [4.78, 5) is 4.57. The van der Waals surface area contributed by atoms with Crippen molar-refractivity contribution < 1.29 is 0 Å². The molecule has 0 saturated heterocycles. The molecule has 2 rings (SSSR count). The molecule has 0 fully saturated rings. The Labute approximate surface area is 125 Å². The molecule has 0 atom stereocenters. The Hall–Kier alpha value is 0.130. The lowest BCUT2D eigenvalue weighted by Gasteiger charge is -2.02. The number of halogens is 3. The van der Waals surface area contributed by atoms with Gasteiger partial charge in [0.1, 0.15) is 14.0 Å². The van der Waals surface area contributed by atoms with Gasteiger partial charge in [-0.2, -0.15) is 0 Å². The lowest BCUT2D eigenvalue weighted by atomic mass is 10.1. The van der Waals surface area contributed by atoms with Crippen molar-refractivity contribution in [1.82, 2.24) is 0 Å². The van der Waals surface area contributed by atoms with Gasteiger partial charge in [-0.15, -0.1) is 0 Å². The van der Waals surface area contributed by atoms with Gasteiger partial charge in [-0.1, -0.05) is 66.7 Å². The molecule has 0 aliphatic carbocycles. The van der Waals surface area contributed by atoms with E-state index in [9.17, 15) is 0 Å². The molecule has 1 nitrogen and oxygen atoms in total. The summed E-state index contributed by atoms with van der Waals surface area (Å²) in [6, 6.07) is 6.04. The van der Waals surface area contributed by atoms with Gasteiger partial charge < -0.3 is 0 Å². The standard InChI is InChI=1S/C11H8BrCl2NS2/c1-2-6-5-7(12)3-4-8(6)15-11-9(13)10(14)16-17-11/h3-5H,2H2,1H3. The van der Waals surface area contributed by atoms with E-state index in [1.54, 1.807) is 0 Å². The number of hydrogen-bond donors (Lipinski definition) is 0. The topological polar surface area (TPSA) is 12.4 Å². The van der Waals surface area contributed by atoms with Crippen LogP contribution in [0.3, 0.4) is 0 Å². The molecule has 90 valence electrons. The lowest BCUT2D eigenvalue weighted by molar-refractivity contribution is 1.12. The minimum atomic E-state index is 0.548. The molecule has 6 heteroatoms. The Balaban J connectivity index is 2.56. The molecule has 0 unspecified atom stereocenters. The summed E-state index contributed by atoms with van der Waals surface area (Å²) >= 11 is 15.5. The molecule has 0 amide bonds. The summed E-state index contributed by atoms with van der Waals surface area (Å²) in [5, 5.41) is 0.548. The van der Waals surface area contributed by atoms with E-state index < -0.39 is 0 Å². The molecule has 0 bridgehead atoms. The molecule has 0 aliphatic heterocycles. The molecule has 0 radical (unpaired) electrons. The maximum absolute atomic E-state index is 6.07. The first kappa shape index (κ1) is 13.6. The van der Waals surface area contributed by atoms with Crippen molar-refractivity contribution in [2.45, 2.75) is 13.3 Å². The largest absolute Gasteiger partial charge is 0.235 e. The Morgan fingerprint density at radius 1 is 1.29 bits per heavy atom. The van der Waals surface area contributed by atoms with Crippen LogP contribution in [0.4, 0.5) is 5.69 Å². The predicted molar refractivity (Wildman–Crippen MR) is 81.0 cm³/mol. The van der Waals surface area contributed by atoms with Crippen molar-refractivity contribution in [1.29, 1.82) is 0 Å². The van der Waals surface area contributed by atoms with Crippen molar-refractivity contribution in [2.75, 3.05) is 0 Å². The minimum absolute atomic E-state index is 0.548. The highest BCUT2D eigenvalue weighted by Gasteiger charge is 2.05. The third-order valence-electron chi connectivity index (χ3n) is 2.20. The van der Waals surface area contributed by atoms with Gasteiger partial charge in [0.2, 0.25) is 0 Å². The van der Waals surface area contributed by atoms with Gasteiger partial charge in [-0.25, -0.2) is 4.99 Å². The van der Waals surface area contributed by atoms with E-state index in [0.717, 1.165) is 21.3 Å². The lowest BCUT2D eigenvalue weighted by Crippen LogP contribution is -1.93. The summed E-state index contributed by atoms with van der Waals surface area (Å²) in [5.74, 6) is 0. The normalized spacial score (nSPS) is 12.1. The Morgan fingerprint density at radius 3 is 2.65 bits per heavy atom. The van der Waals surface area contributed by atoms with Crippen LogP contribution in [0.2, 0.25) is 9.36 Å². The van der Waals surface area contributed by atoms with Gasteiger partial charge in [0, 0.05) is 4.47 Å². The van der Waals surface area contributed by atoms with Crippen LogP contribution in [-0.4, -0.2) is 0 Å². The van der Waals surface area contributed by atoms with Crippen LogP contribution in [-0.2, 0) is 6.42 Å². The fourth-order valence-electron chi connectivity index (χ4n) is 1.36. The third kappa shape index (κ3) is 3.12. The van der Waals surface area contributed by atoms with E-state index in [4.69, 9.17) is 23.2 Å². The van der Waals surface area contributed by atoms with E-state index in [2.05, 4.69) is 33.9 Å². The summed E-state index contributed by atoms with van der Waals surface area (Å²) in [6.45, 7) is 2.10. The first-order valence-electron chi connectivity index (χ1n) is 4.89. The Bertz CT molecular complexity index is 604. The molecule has 0 spiro atoms. The van der Waals surface area contributed by atoms with Gasteiger partial charge in [-0.3, -0.25) is 0 Å². The zero-order chi connectivity index (χ0) is 12.4. The smallest absolute Gasteiger partial charge is 0.147 e. The predicted octanol–water partition coefficient (Wildman–Crippen LogP) is 5.67. The summed E-state index contributed by atoms with van der Waals surface area (Å²) in [6.07, 6.45) is 0.929. The van der Waals surface area contributed by atoms with Crippen molar-refractivity contribution in [3.05, 3.63) is 42.3 Å². The Kier molecular flexibility index (Phi) is 4.66. The first-order valence-corrected chi connectivity index (χ1v) is 8.59. The molecular weight excluding hydrogens is 361 g/mol. The molecule has 17 heavy (non-hydrogen) atoms. The first-order chi connectivity index (χ1) is 8.11. The van der Waals surface area contributed by atoms with E-state index in [0.29, 0.717) is 9.36 Å². The third-order valence-corrected chi connectivity index (χ3v) is 6.19. The monoisotopic (exact) mass is 367 g/mol. The van der Waals surface area contributed by atoms with Crippen LogP contribution in [0.15, 0.2) is 27.7 Å². The van der Waals surface area contributed by atoms with Gasteiger partial charge in [0.15, 0.2) is 0 Å². The van der Waals surface area contributed by atoms with Gasteiger partial charge in [0.05, 0.1) is 5.69 Å². The number of benzene rings is 1. The second kappa shape index (κ2) is 5.85. The van der Waals surface area contributed by atoms with Crippen LogP contribution in [0, 0.1) is 0 Å². The second-order valence-corrected chi connectivity index (χ2v) is 7.32. The molecule has 0 saturated carbocycles. The van der Waals surface area contributed by atoms with Crippen LogP contribution >= 0.6 is 59.8 Å². The van der Waals surface area contributed by atoms with Crippen LogP contribution in [0.1, 0.15) is 12.5 Å². The maximum atomic E-state index is 6.07. The quantitative estimate of drug-likeness (QED) is 0.605. The van der Waals surface area contributed by atoms with E-state index >= 15 is 0 Å². The fraction of sp³-hybridized carbons (Fsp3) is 0.182. The molecule has 0 N–H and O–H groups in total. The Morgan fingerprint density at radius 2 is 2.06 bits per heavy atom. The zero-order valence-electron chi connectivity index (χ0n) is 8.84. The molecule has 0 aliphatic rings. The van der Waals surface area contributed by atoms with E-state index in [1.807, 2.05) is 12.1 Å². The SMILES string of the molecule is CCc1cc(Br)ccc1N=c1ssc(Cl)c1Cl. The van der Waals surface area contributed by atoms with Crippen molar-refractivity contribution in [3.63, 3.8) is 0 Å². The number of hydrogen-bond acceptors (Lipinski definition) is 3. The van der Waals surface area contributed by atoms with Crippen LogP contribution < -0.4 is 4.67 Å². The van der Waals surface area contributed by atoms with Crippen molar-refractivity contribution in [2.24, 2.45) is 4.99 Å². The second-order valence-electron chi connectivity index (χ2n) is 3.30. The number of aryl methyl sites for hydroxylation is 1. The molecular formula is C11H8BrCl2NS2. The summed E-state index contributed by atoms with van der Waals surface area (Å²) < 4.78 is 2.44.